The first-order valence-corrected chi connectivity index (χ1v) is 5.92. The quantitative estimate of drug-likeness (QED) is 0.752. The van der Waals surface area contributed by atoms with Crippen molar-refractivity contribution in [3.05, 3.63) is 30.1 Å². The zero-order chi connectivity index (χ0) is 13.5. The Morgan fingerprint density at radius 3 is 2.83 bits per heavy atom. The van der Waals surface area contributed by atoms with Crippen LogP contribution in [0.25, 0.3) is 0 Å². The van der Waals surface area contributed by atoms with Crippen molar-refractivity contribution in [1.29, 1.82) is 0 Å². The summed E-state index contributed by atoms with van der Waals surface area (Å²) in [6, 6.07) is 5.35. The van der Waals surface area contributed by atoms with Crippen LogP contribution in [-0.2, 0) is 4.79 Å². The molecule has 0 aromatic heterocycles. The highest BCUT2D eigenvalue weighted by atomic mass is 19.1. The van der Waals surface area contributed by atoms with Crippen molar-refractivity contribution in [2.24, 2.45) is 11.7 Å². The molecule has 1 aromatic rings. The number of ether oxygens (including phenoxy) is 1. The normalized spacial score (nSPS) is 12.3. The molecule has 0 heterocycles. The summed E-state index contributed by atoms with van der Waals surface area (Å²) in [6.45, 7) is 4.39. The van der Waals surface area contributed by atoms with Gasteiger partial charge in [0.05, 0.1) is 12.6 Å². The lowest BCUT2D eigenvalue weighted by molar-refractivity contribution is -0.123. The van der Waals surface area contributed by atoms with Gasteiger partial charge in [0.15, 0.2) is 0 Å². The molecule has 0 aliphatic carbocycles. The predicted molar refractivity (Wildman–Crippen MR) is 67.7 cm³/mol. The topological polar surface area (TPSA) is 64.4 Å². The van der Waals surface area contributed by atoms with E-state index in [4.69, 9.17) is 10.5 Å². The fraction of sp³-hybridized carbons (Fsp3) is 0.462. The Hall–Kier alpha value is -1.62. The molecule has 0 radical (unpaired) electrons. The van der Waals surface area contributed by atoms with Crippen LogP contribution in [0.2, 0.25) is 0 Å². The number of halogens is 1. The highest BCUT2D eigenvalue weighted by molar-refractivity contribution is 5.81. The van der Waals surface area contributed by atoms with Crippen LogP contribution in [0, 0.1) is 11.7 Å². The van der Waals surface area contributed by atoms with Crippen LogP contribution in [0.4, 0.5) is 4.39 Å². The Labute approximate surface area is 106 Å². The molecule has 1 rings (SSSR count). The van der Waals surface area contributed by atoms with E-state index in [0.717, 1.165) is 0 Å². The van der Waals surface area contributed by atoms with Crippen molar-refractivity contribution in [3.63, 3.8) is 0 Å². The second kappa shape index (κ2) is 6.96. The number of nitrogens with one attached hydrogen (secondary N) is 1. The average Bonchev–Trinajstić information content (AvgIpc) is 2.33. The van der Waals surface area contributed by atoms with Crippen LogP contribution < -0.4 is 15.8 Å². The molecular formula is C13H19FN2O2. The number of hydrogen-bond donors (Lipinski definition) is 2. The molecule has 0 aliphatic heterocycles. The van der Waals surface area contributed by atoms with Crippen LogP contribution in [0.15, 0.2) is 24.3 Å². The van der Waals surface area contributed by atoms with Gasteiger partial charge in [-0.25, -0.2) is 4.39 Å². The van der Waals surface area contributed by atoms with Crippen molar-refractivity contribution < 1.29 is 13.9 Å². The van der Waals surface area contributed by atoms with E-state index in [-0.39, 0.29) is 24.2 Å². The summed E-state index contributed by atoms with van der Waals surface area (Å²) in [5.41, 5.74) is 5.67. The first-order chi connectivity index (χ1) is 8.50. The third kappa shape index (κ3) is 4.71. The summed E-state index contributed by atoms with van der Waals surface area (Å²) >= 11 is 0. The smallest absolute Gasteiger partial charge is 0.237 e. The Bertz CT molecular complexity index is 396. The molecule has 4 nitrogen and oxygen atoms in total. The van der Waals surface area contributed by atoms with Crippen LogP contribution in [-0.4, -0.2) is 25.1 Å². The van der Waals surface area contributed by atoms with Crippen molar-refractivity contribution in [3.8, 4) is 5.75 Å². The molecule has 1 amide bonds. The second-order valence-corrected chi connectivity index (χ2v) is 4.37. The number of rotatable bonds is 6. The van der Waals surface area contributed by atoms with E-state index in [9.17, 15) is 9.18 Å². The van der Waals surface area contributed by atoms with Crippen LogP contribution in [0.1, 0.15) is 13.8 Å². The van der Waals surface area contributed by atoms with Crippen molar-refractivity contribution in [1.82, 2.24) is 5.32 Å². The monoisotopic (exact) mass is 254 g/mol. The number of nitrogens with two attached hydrogens (primary N) is 1. The number of carbonyl (C=O) groups excluding carboxylic acids is 1. The molecule has 18 heavy (non-hydrogen) atoms. The van der Waals surface area contributed by atoms with Gasteiger partial charge in [-0.2, -0.15) is 0 Å². The standard InChI is InChI=1S/C13H19FN2O2/c1-9(2)12(15)13(17)16-6-7-18-11-5-3-4-10(14)8-11/h3-5,8-9,12H,6-7,15H2,1-2H3,(H,16,17). The zero-order valence-corrected chi connectivity index (χ0v) is 10.7. The zero-order valence-electron chi connectivity index (χ0n) is 10.7. The lowest BCUT2D eigenvalue weighted by Crippen LogP contribution is -2.45. The van der Waals surface area contributed by atoms with E-state index < -0.39 is 6.04 Å². The lowest BCUT2D eigenvalue weighted by Gasteiger charge is -2.15. The summed E-state index contributed by atoms with van der Waals surface area (Å²) in [5.74, 6) is -0.0160. The van der Waals surface area contributed by atoms with Gasteiger partial charge in [-0.05, 0) is 18.1 Å². The van der Waals surface area contributed by atoms with E-state index in [2.05, 4.69) is 5.32 Å². The second-order valence-electron chi connectivity index (χ2n) is 4.37. The molecule has 0 bridgehead atoms. The number of benzene rings is 1. The highest BCUT2D eigenvalue weighted by Crippen LogP contribution is 2.11. The maximum atomic E-state index is 12.8. The van der Waals surface area contributed by atoms with Gasteiger partial charge in [0.1, 0.15) is 18.2 Å². The van der Waals surface area contributed by atoms with Gasteiger partial charge >= 0.3 is 0 Å². The van der Waals surface area contributed by atoms with Gasteiger partial charge in [-0.15, -0.1) is 0 Å². The van der Waals surface area contributed by atoms with E-state index in [1.165, 1.54) is 12.1 Å². The lowest BCUT2D eigenvalue weighted by atomic mass is 10.1. The van der Waals surface area contributed by atoms with Crippen molar-refractivity contribution >= 4 is 5.91 Å². The van der Waals surface area contributed by atoms with Gasteiger partial charge in [0, 0.05) is 6.07 Å². The molecule has 0 aliphatic rings. The Morgan fingerprint density at radius 2 is 2.22 bits per heavy atom. The molecule has 5 heteroatoms. The molecule has 1 aromatic carbocycles. The minimum absolute atomic E-state index is 0.0918. The molecular weight excluding hydrogens is 235 g/mol. The summed E-state index contributed by atoms with van der Waals surface area (Å²) < 4.78 is 18.1. The van der Waals surface area contributed by atoms with Gasteiger partial charge in [-0.1, -0.05) is 19.9 Å². The molecule has 100 valence electrons. The highest BCUT2D eigenvalue weighted by Gasteiger charge is 2.16. The molecule has 1 atom stereocenters. The first-order valence-electron chi connectivity index (χ1n) is 5.92. The maximum absolute atomic E-state index is 12.8. The van der Waals surface area contributed by atoms with Crippen LogP contribution >= 0.6 is 0 Å². The Balaban J connectivity index is 2.25. The van der Waals surface area contributed by atoms with E-state index >= 15 is 0 Å². The largest absolute Gasteiger partial charge is 0.492 e. The van der Waals surface area contributed by atoms with Crippen LogP contribution in [0.3, 0.4) is 0 Å². The molecule has 1 unspecified atom stereocenters. The molecule has 0 saturated carbocycles. The fourth-order valence-electron chi connectivity index (χ4n) is 1.32. The minimum atomic E-state index is -0.515. The van der Waals surface area contributed by atoms with Gasteiger partial charge in [-0.3, -0.25) is 4.79 Å². The summed E-state index contributed by atoms with van der Waals surface area (Å²) in [6.07, 6.45) is 0. The maximum Gasteiger partial charge on any atom is 0.237 e. The number of amides is 1. The first kappa shape index (κ1) is 14.4. The molecule has 0 saturated heterocycles. The average molecular weight is 254 g/mol. The third-order valence-corrected chi connectivity index (χ3v) is 2.49. The van der Waals surface area contributed by atoms with Gasteiger partial charge in [0.2, 0.25) is 5.91 Å². The molecule has 3 N–H and O–H groups in total. The summed E-state index contributed by atoms with van der Waals surface area (Å²) in [4.78, 5) is 11.5. The van der Waals surface area contributed by atoms with E-state index in [1.807, 2.05) is 13.8 Å². The third-order valence-electron chi connectivity index (χ3n) is 2.49. The SMILES string of the molecule is CC(C)C(N)C(=O)NCCOc1cccc(F)c1. The predicted octanol–water partition coefficient (Wildman–Crippen LogP) is 1.30. The van der Waals surface area contributed by atoms with Crippen LogP contribution in [0.5, 0.6) is 5.75 Å². The Kier molecular flexibility index (Phi) is 5.58. The number of carbonyl (C=O) groups is 1. The molecule has 0 fully saturated rings. The fourth-order valence-corrected chi connectivity index (χ4v) is 1.32. The van der Waals surface area contributed by atoms with Gasteiger partial charge < -0.3 is 15.8 Å². The van der Waals surface area contributed by atoms with E-state index in [1.54, 1.807) is 12.1 Å². The Morgan fingerprint density at radius 1 is 1.50 bits per heavy atom. The minimum Gasteiger partial charge on any atom is -0.492 e. The summed E-state index contributed by atoms with van der Waals surface area (Å²) in [5, 5.41) is 2.67. The summed E-state index contributed by atoms with van der Waals surface area (Å²) in [7, 11) is 0. The molecule has 0 spiro atoms. The van der Waals surface area contributed by atoms with Crippen molar-refractivity contribution in [2.45, 2.75) is 19.9 Å². The van der Waals surface area contributed by atoms with Gasteiger partial charge in [0.25, 0.3) is 0 Å². The van der Waals surface area contributed by atoms with Crippen molar-refractivity contribution in [2.75, 3.05) is 13.2 Å². The number of hydrogen-bond acceptors (Lipinski definition) is 3. The van der Waals surface area contributed by atoms with E-state index in [0.29, 0.717) is 12.3 Å².